The average Bonchev–Trinajstić information content (AvgIpc) is 3.14. The van der Waals surface area contributed by atoms with E-state index < -0.39 is 17.2 Å². The minimum atomic E-state index is -0.499. The molecule has 1 atom stereocenters. The molecule has 2 amide bonds. The molecular weight excluding hydrogens is 330 g/mol. The molecule has 144 valence electrons. The number of aromatic nitrogens is 1. The molecule has 1 saturated carbocycles. The summed E-state index contributed by atoms with van der Waals surface area (Å²) < 4.78 is 1.89. The standard InChI is InChI=1S/C20H31N3O3/c1-5-14(4)22-20(26)17-12-23(15-8-6-7-9-15)11-16(18(17)24)19(25)21-10-13(2)3/h11-15H,5-10H2,1-4H3,(H,21,25)(H,22,26). The van der Waals surface area contributed by atoms with Gasteiger partial charge in [-0.1, -0.05) is 33.6 Å². The summed E-state index contributed by atoms with van der Waals surface area (Å²) in [5.74, 6) is -0.531. The van der Waals surface area contributed by atoms with E-state index >= 15 is 0 Å². The highest BCUT2D eigenvalue weighted by Gasteiger charge is 2.23. The van der Waals surface area contributed by atoms with E-state index in [9.17, 15) is 14.4 Å². The smallest absolute Gasteiger partial charge is 0.256 e. The topological polar surface area (TPSA) is 80.2 Å². The molecule has 1 aromatic rings. The van der Waals surface area contributed by atoms with Gasteiger partial charge in [0.2, 0.25) is 5.43 Å². The fraction of sp³-hybridized carbons (Fsp3) is 0.650. The number of hydrogen-bond acceptors (Lipinski definition) is 3. The van der Waals surface area contributed by atoms with Gasteiger partial charge in [-0.2, -0.15) is 0 Å². The summed E-state index contributed by atoms with van der Waals surface area (Å²) in [4.78, 5) is 37.9. The maximum atomic E-state index is 12.8. The first-order valence-corrected chi connectivity index (χ1v) is 9.68. The van der Waals surface area contributed by atoms with Gasteiger partial charge in [0.15, 0.2) is 0 Å². The lowest BCUT2D eigenvalue weighted by atomic mass is 10.1. The maximum absolute atomic E-state index is 12.8. The number of amides is 2. The number of nitrogens with one attached hydrogen (secondary N) is 2. The van der Waals surface area contributed by atoms with Gasteiger partial charge in [0.1, 0.15) is 11.1 Å². The van der Waals surface area contributed by atoms with Crippen LogP contribution in [0.15, 0.2) is 17.2 Å². The van der Waals surface area contributed by atoms with E-state index in [1.807, 2.05) is 32.3 Å². The lowest BCUT2D eigenvalue weighted by molar-refractivity contribution is 0.0937. The van der Waals surface area contributed by atoms with E-state index in [0.29, 0.717) is 6.54 Å². The molecule has 0 spiro atoms. The van der Waals surface area contributed by atoms with E-state index in [0.717, 1.165) is 32.1 Å². The Morgan fingerprint density at radius 2 is 1.69 bits per heavy atom. The monoisotopic (exact) mass is 361 g/mol. The number of hydrogen-bond donors (Lipinski definition) is 2. The van der Waals surface area contributed by atoms with Gasteiger partial charge in [-0.15, -0.1) is 0 Å². The summed E-state index contributed by atoms with van der Waals surface area (Å²) >= 11 is 0. The lowest BCUT2D eigenvalue weighted by Crippen LogP contribution is -2.39. The predicted molar refractivity (Wildman–Crippen MR) is 103 cm³/mol. The molecule has 0 radical (unpaired) electrons. The molecule has 0 saturated heterocycles. The number of carbonyl (C=O) groups excluding carboxylic acids is 2. The summed E-state index contributed by atoms with van der Waals surface area (Å²) in [6, 6.07) is 0.211. The summed E-state index contributed by atoms with van der Waals surface area (Å²) in [6.45, 7) is 8.34. The third-order valence-electron chi connectivity index (χ3n) is 4.94. The summed E-state index contributed by atoms with van der Waals surface area (Å²) in [5.41, 5.74) is -0.398. The average molecular weight is 361 g/mol. The largest absolute Gasteiger partial charge is 0.352 e. The SMILES string of the molecule is CCC(C)NC(=O)c1cn(C2CCCC2)cc(C(=O)NCC(C)C)c1=O. The summed E-state index contributed by atoms with van der Waals surface area (Å²) in [7, 11) is 0. The fourth-order valence-corrected chi connectivity index (χ4v) is 3.13. The van der Waals surface area contributed by atoms with Crippen LogP contribution in [0.1, 0.15) is 86.6 Å². The second kappa shape index (κ2) is 9.01. The van der Waals surface area contributed by atoms with Crippen LogP contribution in [-0.2, 0) is 0 Å². The van der Waals surface area contributed by atoms with Gasteiger partial charge in [0.05, 0.1) is 0 Å². The molecule has 6 heteroatoms. The minimum absolute atomic E-state index is 0.0275. The summed E-state index contributed by atoms with van der Waals surface area (Å²) in [6.07, 6.45) is 8.27. The predicted octanol–water partition coefficient (Wildman–Crippen LogP) is 2.88. The van der Waals surface area contributed by atoms with Crippen molar-refractivity contribution >= 4 is 11.8 Å². The molecule has 1 fully saturated rings. The second-order valence-corrected chi connectivity index (χ2v) is 7.69. The van der Waals surface area contributed by atoms with Crippen LogP contribution in [0.25, 0.3) is 0 Å². The van der Waals surface area contributed by atoms with Crippen molar-refractivity contribution in [3.63, 3.8) is 0 Å². The first-order chi connectivity index (χ1) is 12.3. The maximum Gasteiger partial charge on any atom is 0.256 e. The molecule has 1 unspecified atom stereocenters. The normalized spacial score (nSPS) is 15.9. The van der Waals surface area contributed by atoms with Gasteiger partial charge in [0.25, 0.3) is 11.8 Å². The van der Waals surface area contributed by atoms with E-state index in [-0.39, 0.29) is 29.1 Å². The van der Waals surface area contributed by atoms with Gasteiger partial charge in [-0.25, -0.2) is 0 Å². The Hall–Kier alpha value is -2.11. The van der Waals surface area contributed by atoms with Gasteiger partial charge < -0.3 is 15.2 Å². The Morgan fingerprint density at radius 1 is 1.12 bits per heavy atom. The van der Waals surface area contributed by atoms with Crippen molar-refractivity contribution in [3.05, 3.63) is 33.7 Å². The van der Waals surface area contributed by atoms with Crippen molar-refractivity contribution in [1.29, 1.82) is 0 Å². The first kappa shape index (κ1) is 20.2. The highest BCUT2D eigenvalue weighted by molar-refractivity contribution is 5.99. The third kappa shape index (κ3) is 4.96. The van der Waals surface area contributed by atoms with Crippen molar-refractivity contribution in [1.82, 2.24) is 15.2 Å². The van der Waals surface area contributed by atoms with Crippen LogP contribution in [0, 0.1) is 5.92 Å². The molecule has 26 heavy (non-hydrogen) atoms. The first-order valence-electron chi connectivity index (χ1n) is 9.68. The van der Waals surface area contributed by atoms with E-state index in [2.05, 4.69) is 10.6 Å². The van der Waals surface area contributed by atoms with Crippen molar-refractivity contribution in [2.75, 3.05) is 6.54 Å². The van der Waals surface area contributed by atoms with Crippen LogP contribution in [0.5, 0.6) is 0 Å². The van der Waals surface area contributed by atoms with Crippen LogP contribution in [0.4, 0.5) is 0 Å². The van der Waals surface area contributed by atoms with Crippen molar-refractivity contribution < 1.29 is 9.59 Å². The van der Waals surface area contributed by atoms with Gasteiger partial charge in [-0.3, -0.25) is 14.4 Å². The molecular formula is C20H31N3O3. The fourth-order valence-electron chi connectivity index (χ4n) is 3.13. The Balaban J connectivity index is 2.40. The third-order valence-corrected chi connectivity index (χ3v) is 4.94. The zero-order chi connectivity index (χ0) is 19.3. The number of rotatable bonds is 7. The van der Waals surface area contributed by atoms with Gasteiger partial charge >= 0.3 is 0 Å². The van der Waals surface area contributed by atoms with Crippen molar-refractivity contribution in [3.8, 4) is 0 Å². The Morgan fingerprint density at radius 3 is 2.23 bits per heavy atom. The quantitative estimate of drug-likeness (QED) is 0.784. The van der Waals surface area contributed by atoms with E-state index in [1.54, 1.807) is 12.4 Å². The van der Waals surface area contributed by atoms with Gasteiger partial charge in [-0.05, 0) is 32.1 Å². The van der Waals surface area contributed by atoms with E-state index in [4.69, 9.17) is 0 Å². The number of carbonyl (C=O) groups is 2. The zero-order valence-corrected chi connectivity index (χ0v) is 16.3. The molecule has 1 aromatic heterocycles. The molecule has 0 aromatic carbocycles. The molecule has 1 aliphatic carbocycles. The summed E-state index contributed by atoms with van der Waals surface area (Å²) in [5, 5.41) is 5.63. The molecule has 6 nitrogen and oxygen atoms in total. The number of nitrogens with zero attached hydrogens (tertiary/aromatic N) is 1. The molecule has 2 N–H and O–H groups in total. The number of pyridine rings is 1. The Bertz CT molecular complexity index is 703. The second-order valence-electron chi connectivity index (χ2n) is 7.69. The Kier molecular flexibility index (Phi) is 7.00. The molecule has 1 heterocycles. The molecule has 0 bridgehead atoms. The van der Waals surface area contributed by atoms with Crippen LogP contribution in [0.2, 0.25) is 0 Å². The van der Waals surface area contributed by atoms with Crippen molar-refractivity contribution in [2.45, 2.75) is 71.9 Å². The Labute approximate surface area is 155 Å². The van der Waals surface area contributed by atoms with Crippen LogP contribution >= 0.6 is 0 Å². The van der Waals surface area contributed by atoms with Crippen LogP contribution in [-0.4, -0.2) is 29.0 Å². The molecule has 1 aliphatic rings. The van der Waals surface area contributed by atoms with Crippen molar-refractivity contribution in [2.24, 2.45) is 5.92 Å². The van der Waals surface area contributed by atoms with E-state index in [1.165, 1.54) is 0 Å². The highest BCUT2D eigenvalue weighted by atomic mass is 16.2. The van der Waals surface area contributed by atoms with Gasteiger partial charge in [0, 0.05) is 31.0 Å². The van der Waals surface area contributed by atoms with Crippen LogP contribution in [0.3, 0.4) is 0 Å². The highest BCUT2D eigenvalue weighted by Crippen LogP contribution is 2.29. The molecule has 0 aliphatic heterocycles. The zero-order valence-electron chi connectivity index (χ0n) is 16.3. The lowest BCUT2D eigenvalue weighted by Gasteiger charge is -2.18. The molecule has 2 rings (SSSR count). The van der Waals surface area contributed by atoms with Crippen LogP contribution < -0.4 is 16.1 Å². The minimum Gasteiger partial charge on any atom is -0.352 e.